The predicted molar refractivity (Wildman–Crippen MR) is 160 cm³/mol. The average Bonchev–Trinajstić information content (AvgIpc) is 3.46. The van der Waals surface area contributed by atoms with E-state index in [9.17, 15) is 4.79 Å². The van der Waals surface area contributed by atoms with Crippen molar-refractivity contribution < 1.29 is 23.7 Å². The molecule has 0 saturated carbocycles. The third-order valence-electron chi connectivity index (χ3n) is 6.23. The molecule has 1 heterocycles. The molecular weight excluding hydrogens is 637 g/mol. The number of hydrogen-bond donors (Lipinski definition) is 0. The summed E-state index contributed by atoms with van der Waals surface area (Å²) in [4.78, 5) is 18.4. The first-order chi connectivity index (χ1) is 19.5. The van der Waals surface area contributed by atoms with E-state index in [0.717, 1.165) is 37.0 Å². The number of nitrogens with zero attached hydrogens (tertiary/aromatic N) is 1. The van der Waals surface area contributed by atoms with E-state index in [1.165, 1.54) is 0 Å². The SMILES string of the molecule is COc1cc(-c2[se]c(C(=O)c3ccccc3)nc2-c2ccc(OCc3ccccc3)c(Br)c2)cc(OC)c1OC. The standard InChI is InChI=1S/C32H26BrNO5Se/c1-36-26-17-23(18-27(37-2)30(26)38-3)31-28(34-32(40-31)29(35)21-12-8-5-9-13-21)22-14-15-25(24(33)16-22)39-19-20-10-6-4-7-11-20/h4-18H,19H2,1-3H3. The number of methoxy groups -OCH3 is 3. The van der Waals surface area contributed by atoms with Gasteiger partial charge in [-0.15, -0.1) is 0 Å². The second kappa shape index (κ2) is 12.6. The third-order valence-corrected chi connectivity index (χ3v) is 9.16. The molecule has 0 aliphatic rings. The molecule has 1 aromatic heterocycles. The van der Waals surface area contributed by atoms with E-state index in [1.807, 2.05) is 91.0 Å². The van der Waals surface area contributed by atoms with Gasteiger partial charge in [0.05, 0.1) is 0 Å². The molecule has 5 aromatic rings. The van der Waals surface area contributed by atoms with E-state index >= 15 is 0 Å². The van der Waals surface area contributed by atoms with Crippen molar-refractivity contribution in [3.63, 3.8) is 0 Å². The van der Waals surface area contributed by atoms with Crippen molar-refractivity contribution in [2.75, 3.05) is 21.3 Å². The first-order valence-electron chi connectivity index (χ1n) is 12.4. The molecule has 0 fully saturated rings. The summed E-state index contributed by atoms with van der Waals surface area (Å²) in [6.07, 6.45) is 0. The Bertz CT molecular complexity index is 1610. The zero-order valence-electron chi connectivity index (χ0n) is 22.1. The van der Waals surface area contributed by atoms with E-state index in [-0.39, 0.29) is 20.3 Å². The van der Waals surface area contributed by atoms with Crippen LogP contribution in [0.25, 0.3) is 21.3 Å². The summed E-state index contributed by atoms with van der Waals surface area (Å²) >= 11 is 3.30. The van der Waals surface area contributed by atoms with Crippen molar-refractivity contribution in [1.82, 2.24) is 4.98 Å². The van der Waals surface area contributed by atoms with E-state index in [2.05, 4.69) is 15.9 Å². The molecule has 0 aliphatic carbocycles. The fourth-order valence-electron chi connectivity index (χ4n) is 4.23. The first kappa shape index (κ1) is 27.7. The van der Waals surface area contributed by atoms with Crippen molar-refractivity contribution in [2.45, 2.75) is 6.61 Å². The van der Waals surface area contributed by atoms with Crippen molar-refractivity contribution in [3.05, 3.63) is 111 Å². The zero-order valence-corrected chi connectivity index (χ0v) is 25.4. The molecule has 4 aromatic carbocycles. The van der Waals surface area contributed by atoms with E-state index in [0.29, 0.717) is 34.0 Å². The number of halogens is 1. The van der Waals surface area contributed by atoms with Crippen LogP contribution in [0.5, 0.6) is 23.0 Å². The fourth-order valence-corrected chi connectivity index (χ4v) is 6.90. The third kappa shape index (κ3) is 5.85. The van der Waals surface area contributed by atoms with Crippen LogP contribution in [0.3, 0.4) is 0 Å². The summed E-state index contributed by atoms with van der Waals surface area (Å²) in [5.41, 5.74) is 4.13. The molecule has 5 rings (SSSR count). The summed E-state index contributed by atoms with van der Waals surface area (Å²) < 4.78 is 25.1. The van der Waals surface area contributed by atoms with Gasteiger partial charge in [-0.3, -0.25) is 0 Å². The van der Waals surface area contributed by atoms with Crippen LogP contribution in [0, 0.1) is 0 Å². The molecule has 8 heteroatoms. The summed E-state index contributed by atoms with van der Waals surface area (Å²) in [7, 11) is 4.74. The van der Waals surface area contributed by atoms with Gasteiger partial charge in [0.15, 0.2) is 0 Å². The number of carbonyl (C=O) groups is 1. The maximum atomic E-state index is 13.4. The molecule has 40 heavy (non-hydrogen) atoms. The maximum absolute atomic E-state index is 13.4. The van der Waals surface area contributed by atoms with Crippen LogP contribution in [0.2, 0.25) is 0 Å². The van der Waals surface area contributed by atoms with Crippen LogP contribution in [-0.4, -0.2) is 46.6 Å². The van der Waals surface area contributed by atoms with Crippen LogP contribution in [0.4, 0.5) is 0 Å². The van der Waals surface area contributed by atoms with Gasteiger partial charge in [-0.25, -0.2) is 0 Å². The zero-order chi connectivity index (χ0) is 28.1. The van der Waals surface area contributed by atoms with Crippen LogP contribution in [0.15, 0.2) is 95.5 Å². The molecule has 0 radical (unpaired) electrons. The molecule has 6 nitrogen and oxygen atoms in total. The Morgan fingerprint density at radius 1 is 0.775 bits per heavy atom. The Kier molecular flexibility index (Phi) is 8.70. The van der Waals surface area contributed by atoms with Gasteiger partial charge in [-0.2, -0.15) is 0 Å². The number of benzene rings is 4. The molecule has 0 atom stereocenters. The van der Waals surface area contributed by atoms with Gasteiger partial charge >= 0.3 is 248 Å². The van der Waals surface area contributed by atoms with Crippen molar-refractivity contribution in [2.24, 2.45) is 0 Å². The molecule has 0 unspecified atom stereocenters. The van der Waals surface area contributed by atoms with Gasteiger partial charge in [0.2, 0.25) is 0 Å². The van der Waals surface area contributed by atoms with Gasteiger partial charge in [-0.1, -0.05) is 0 Å². The van der Waals surface area contributed by atoms with Gasteiger partial charge in [0.1, 0.15) is 0 Å². The number of hydrogen-bond acceptors (Lipinski definition) is 6. The Morgan fingerprint density at radius 2 is 1.43 bits per heavy atom. The molecular formula is C32H26BrNO5Se. The minimum atomic E-state index is -0.373. The first-order valence-corrected chi connectivity index (χ1v) is 14.9. The van der Waals surface area contributed by atoms with Crippen molar-refractivity contribution >= 4 is 36.2 Å². The number of ether oxygens (including phenoxy) is 4. The Hall–Kier alpha value is -3.84. The number of ketones is 1. The average molecular weight is 663 g/mol. The van der Waals surface area contributed by atoms with Crippen LogP contribution in [-0.2, 0) is 6.61 Å². The number of carbonyl (C=O) groups excluding carboxylic acids is 1. The van der Waals surface area contributed by atoms with E-state index in [1.54, 1.807) is 21.3 Å². The monoisotopic (exact) mass is 663 g/mol. The van der Waals surface area contributed by atoms with E-state index < -0.39 is 0 Å². The second-order valence-electron chi connectivity index (χ2n) is 8.73. The van der Waals surface area contributed by atoms with Crippen LogP contribution < -0.4 is 18.9 Å². The Morgan fingerprint density at radius 3 is 2.02 bits per heavy atom. The van der Waals surface area contributed by atoms with E-state index in [4.69, 9.17) is 23.9 Å². The molecule has 0 amide bonds. The normalized spacial score (nSPS) is 10.7. The molecule has 0 bridgehead atoms. The van der Waals surface area contributed by atoms with Gasteiger partial charge in [-0.05, 0) is 0 Å². The Balaban J connectivity index is 1.59. The fraction of sp³-hybridized carbons (Fsp3) is 0.125. The summed E-state index contributed by atoms with van der Waals surface area (Å²) in [5.74, 6) is 2.21. The van der Waals surface area contributed by atoms with Gasteiger partial charge in [0, 0.05) is 0 Å². The van der Waals surface area contributed by atoms with Gasteiger partial charge < -0.3 is 0 Å². The van der Waals surface area contributed by atoms with Crippen LogP contribution >= 0.6 is 15.9 Å². The minimum absolute atomic E-state index is 0.0811. The molecule has 0 saturated heterocycles. The molecule has 0 N–H and O–H groups in total. The summed E-state index contributed by atoms with van der Waals surface area (Å²) in [6.45, 7) is 0.454. The topological polar surface area (TPSA) is 66.9 Å². The predicted octanol–water partition coefficient (Wildman–Crippen LogP) is 7.07. The second-order valence-corrected chi connectivity index (χ2v) is 11.7. The summed E-state index contributed by atoms with van der Waals surface area (Å²) in [6, 6.07) is 28.9. The molecule has 202 valence electrons. The summed E-state index contributed by atoms with van der Waals surface area (Å²) in [5, 5.41) is 0. The molecule has 0 spiro atoms. The molecule has 0 aliphatic heterocycles. The van der Waals surface area contributed by atoms with Gasteiger partial charge in [0.25, 0.3) is 0 Å². The quantitative estimate of drug-likeness (QED) is 0.118. The van der Waals surface area contributed by atoms with Crippen molar-refractivity contribution in [1.29, 1.82) is 0 Å². The Labute approximate surface area is 247 Å². The van der Waals surface area contributed by atoms with Crippen LogP contribution in [0.1, 0.15) is 20.5 Å². The number of aromatic nitrogens is 1. The van der Waals surface area contributed by atoms with Crippen molar-refractivity contribution in [3.8, 4) is 44.3 Å². The number of rotatable bonds is 10.